The molecule has 0 spiro atoms. The van der Waals surface area contributed by atoms with E-state index in [1.54, 1.807) is 0 Å². The Morgan fingerprint density at radius 2 is 2.00 bits per heavy atom. The van der Waals surface area contributed by atoms with Gasteiger partial charge in [0.05, 0.1) is 17.7 Å². The van der Waals surface area contributed by atoms with Gasteiger partial charge in [-0.3, -0.25) is 14.7 Å². The van der Waals surface area contributed by atoms with E-state index < -0.39 is 5.97 Å². The summed E-state index contributed by atoms with van der Waals surface area (Å²) in [6.45, 7) is 5.67. The van der Waals surface area contributed by atoms with E-state index in [4.69, 9.17) is 0 Å². The van der Waals surface area contributed by atoms with Gasteiger partial charge in [0.2, 0.25) is 0 Å². The minimum absolute atomic E-state index is 0.00644. The third-order valence-corrected chi connectivity index (χ3v) is 4.69. The lowest BCUT2D eigenvalue weighted by Crippen LogP contribution is -2.41. The summed E-state index contributed by atoms with van der Waals surface area (Å²) in [6.07, 6.45) is 3.47. The van der Waals surface area contributed by atoms with Crippen LogP contribution in [0.5, 0.6) is 0 Å². The highest BCUT2D eigenvalue weighted by Crippen LogP contribution is 2.32. The smallest absolute Gasteiger partial charge is 0.307 e. The van der Waals surface area contributed by atoms with E-state index in [0.29, 0.717) is 6.54 Å². The Balaban J connectivity index is 2.01. The molecule has 1 aromatic heterocycles. The van der Waals surface area contributed by atoms with Gasteiger partial charge in [0.15, 0.2) is 0 Å². The summed E-state index contributed by atoms with van der Waals surface area (Å²) in [5.41, 5.74) is 4.61. The second-order valence-corrected chi connectivity index (χ2v) is 6.75. The molecule has 1 aliphatic rings. The van der Waals surface area contributed by atoms with Crippen LogP contribution in [-0.2, 0) is 4.79 Å². The maximum absolute atomic E-state index is 11.5. The number of likely N-dealkylation sites (tertiary alicyclic amines) is 1. The Morgan fingerprint density at radius 3 is 2.62 bits per heavy atom. The zero-order valence-electron chi connectivity index (χ0n) is 14.3. The summed E-state index contributed by atoms with van der Waals surface area (Å²) in [4.78, 5) is 18.3. The molecule has 2 atom stereocenters. The number of aliphatic carboxylic acids is 1. The van der Waals surface area contributed by atoms with E-state index in [1.165, 1.54) is 16.7 Å². The van der Waals surface area contributed by atoms with Crippen LogP contribution in [0.3, 0.4) is 0 Å². The van der Waals surface area contributed by atoms with Crippen molar-refractivity contribution in [2.24, 2.45) is 5.92 Å². The summed E-state index contributed by atoms with van der Waals surface area (Å²) >= 11 is 0. The highest BCUT2D eigenvalue weighted by atomic mass is 16.4. The number of aromatic nitrogens is 1. The van der Waals surface area contributed by atoms with Crippen LogP contribution in [0.25, 0.3) is 0 Å². The predicted octanol–water partition coefficient (Wildman–Crippen LogP) is 3.58. The molecule has 1 aliphatic heterocycles. The van der Waals surface area contributed by atoms with E-state index in [0.717, 1.165) is 25.1 Å². The van der Waals surface area contributed by atoms with Crippen molar-refractivity contribution >= 4 is 5.97 Å². The van der Waals surface area contributed by atoms with Crippen LogP contribution in [0, 0.1) is 19.8 Å². The van der Waals surface area contributed by atoms with Crippen molar-refractivity contribution in [2.75, 3.05) is 13.1 Å². The number of hydrogen-bond donors (Lipinski definition) is 1. The van der Waals surface area contributed by atoms with Crippen molar-refractivity contribution in [2.45, 2.75) is 32.7 Å². The first-order valence-corrected chi connectivity index (χ1v) is 8.50. The van der Waals surface area contributed by atoms with Gasteiger partial charge in [0.1, 0.15) is 0 Å². The van der Waals surface area contributed by atoms with E-state index in [2.05, 4.69) is 41.9 Å². The Morgan fingerprint density at radius 1 is 1.25 bits per heavy atom. The quantitative estimate of drug-likeness (QED) is 0.934. The van der Waals surface area contributed by atoms with Gasteiger partial charge < -0.3 is 5.11 Å². The molecule has 1 fully saturated rings. The van der Waals surface area contributed by atoms with Gasteiger partial charge in [-0.05, 0) is 50.9 Å². The summed E-state index contributed by atoms with van der Waals surface area (Å²) in [6, 6.07) is 12.5. The number of rotatable bonds is 4. The summed E-state index contributed by atoms with van der Waals surface area (Å²) in [7, 11) is 0. The van der Waals surface area contributed by atoms with E-state index in [9.17, 15) is 9.90 Å². The molecule has 0 saturated carbocycles. The number of carboxylic acids is 1. The molecule has 126 valence electrons. The lowest BCUT2D eigenvalue weighted by Gasteiger charge is -2.37. The van der Waals surface area contributed by atoms with Crippen LogP contribution in [0.4, 0.5) is 0 Å². The molecular weight excluding hydrogens is 300 g/mol. The van der Waals surface area contributed by atoms with Crippen LogP contribution in [0.1, 0.15) is 41.3 Å². The Kier molecular flexibility index (Phi) is 4.95. The van der Waals surface area contributed by atoms with Gasteiger partial charge in [-0.25, -0.2) is 0 Å². The molecule has 2 unspecified atom stereocenters. The molecule has 0 radical (unpaired) electrons. The normalized spacial score (nSPS) is 19.8. The molecule has 1 aromatic carbocycles. The van der Waals surface area contributed by atoms with Gasteiger partial charge in [0, 0.05) is 12.7 Å². The molecule has 0 aliphatic carbocycles. The predicted molar refractivity (Wildman–Crippen MR) is 93.9 cm³/mol. The highest BCUT2D eigenvalue weighted by Gasteiger charge is 2.31. The lowest BCUT2D eigenvalue weighted by atomic mass is 9.92. The van der Waals surface area contributed by atoms with Gasteiger partial charge in [-0.2, -0.15) is 0 Å². The maximum atomic E-state index is 11.5. The molecule has 1 saturated heterocycles. The van der Waals surface area contributed by atoms with Crippen molar-refractivity contribution in [3.8, 4) is 0 Å². The minimum atomic E-state index is -0.695. The van der Waals surface area contributed by atoms with Gasteiger partial charge >= 0.3 is 5.97 Å². The van der Waals surface area contributed by atoms with Crippen molar-refractivity contribution < 1.29 is 9.90 Å². The fraction of sp³-hybridized carbons (Fsp3) is 0.400. The third-order valence-electron chi connectivity index (χ3n) is 4.69. The van der Waals surface area contributed by atoms with Gasteiger partial charge in [0.25, 0.3) is 0 Å². The summed E-state index contributed by atoms with van der Waals surface area (Å²) in [5.74, 6) is -0.990. The third kappa shape index (κ3) is 3.65. The van der Waals surface area contributed by atoms with Crippen LogP contribution in [0.15, 0.2) is 42.6 Å². The number of pyridine rings is 1. The Bertz CT molecular complexity index is 695. The van der Waals surface area contributed by atoms with Crippen molar-refractivity contribution in [1.29, 1.82) is 0 Å². The number of piperidine rings is 1. The zero-order chi connectivity index (χ0) is 17.1. The van der Waals surface area contributed by atoms with Crippen LogP contribution in [-0.4, -0.2) is 34.0 Å². The second kappa shape index (κ2) is 7.14. The molecule has 4 heteroatoms. The van der Waals surface area contributed by atoms with Crippen LogP contribution < -0.4 is 0 Å². The standard InChI is InChI=1S/C20H24N2O2/c1-14-10-15(2)12-17(11-14)19(18-7-3-4-8-21-18)22-9-5-6-16(13-22)20(23)24/h3-4,7-8,10-12,16,19H,5-6,9,13H2,1-2H3,(H,23,24). The fourth-order valence-electron chi connectivity index (χ4n) is 3.72. The molecule has 1 N–H and O–H groups in total. The molecule has 4 nitrogen and oxygen atoms in total. The topological polar surface area (TPSA) is 53.4 Å². The van der Waals surface area contributed by atoms with Crippen LogP contribution >= 0.6 is 0 Å². The maximum Gasteiger partial charge on any atom is 0.307 e. The monoisotopic (exact) mass is 324 g/mol. The van der Waals surface area contributed by atoms with E-state index in [1.807, 2.05) is 24.4 Å². The largest absolute Gasteiger partial charge is 0.481 e. The lowest BCUT2D eigenvalue weighted by molar-refractivity contribution is -0.143. The van der Waals surface area contributed by atoms with Crippen molar-refractivity contribution in [3.63, 3.8) is 0 Å². The molecule has 0 bridgehead atoms. The Hall–Kier alpha value is -2.20. The SMILES string of the molecule is Cc1cc(C)cc(C(c2ccccn2)N2CCCC(C(=O)O)C2)c1. The Labute approximate surface area is 143 Å². The number of aryl methyl sites for hydroxylation is 2. The molecule has 2 aromatic rings. The van der Waals surface area contributed by atoms with Gasteiger partial charge in [-0.1, -0.05) is 35.4 Å². The van der Waals surface area contributed by atoms with Crippen molar-refractivity contribution in [3.05, 3.63) is 65.0 Å². The first-order chi connectivity index (χ1) is 11.5. The summed E-state index contributed by atoms with van der Waals surface area (Å²) < 4.78 is 0. The number of hydrogen-bond acceptors (Lipinski definition) is 3. The second-order valence-electron chi connectivity index (χ2n) is 6.75. The first-order valence-electron chi connectivity index (χ1n) is 8.50. The van der Waals surface area contributed by atoms with Gasteiger partial charge in [-0.15, -0.1) is 0 Å². The highest BCUT2D eigenvalue weighted by molar-refractivity contribution is 5.70. The number of nitrogens with zero attached hydrogens (tertiary/aromatic N) is 2. The first kappa shape index (κ1) is 16.7. The average molecular weight is 324 g/mol. The van der Waals surface area contributed by atoms with E-state index in [-0.39, 0.29) is 12.0 Å². The summed E-state index contributed by atoms with van der Waals surface area (Å²) in [5, 5.41) is 9.42. The fourth-order valence-corrected chi connectivity index (χ4v) is 3.72. The number of carboxylic acid groups (broad SMARTS) is 1. The van der Waals surface area contributed by atoms with Crippen LogP contribution in [0.2, 0.25) is 0 Å². The van der Waals surface area contributed by atoms with E-state index >= 15 is 0 Å². The van der Waals surface area contributed by atoms with Crippen molar-refractivity contribution in [1.82, 2.24) is 9.88 Å². The zero-order valence-corrected chi connectivity index (χ0v) is 14.3. The molecule has 24 heavy (non-hydrogen) atoms. The molecular formula is C20H24N2O2. The average Bonchev–Trinajstić information content (AvgIpc) is 2.55. The molecule has 2 heterocycles. The molecule has 0 amide bonds. The number of benzene rings is 1. The molecule has 3 rings (SSSR count). The minimum Gasteiger partial charge on any atom is -0.481 e. The number of carbonyl (C=O) groups is 1.